The molecule has 1 N–H and O–H groups in total. The van der Waals surface area contributed by atoms with Crippen molar-refractivity contribution in [3.8, 4) is 11.5 Å². The number of para-hydroxylation sites is 2. The molecule has 0 bridgehead atoms. The minimum atomic E-state index is -0.182. The lowest BCUT2D eigenvalue weighted by molar-refractivity contribution is -0.119. The maximum atomic E-state index is 12.2. The standard InChI is InChI=1S/C36H42N2O3/c1-27-11-9-13-30(21-27)25-40-35-17-7-5-15-32(35)23-38(20-19-34(37-4)29(3)39)24-33-16-6-8-18-36(33)41-26-31-14-10-12-28(2)22-31/h5-18,21-22,34,37H,19-20,23-26H2,1-4H3. The minimum Gasteiger partial charge on any atom is -0.489 e. The monoisotopic (exact) mass is 550 g/mol. The lowest BCUT2D eigenvalue weighted by Crippen LogP contribution is -2.36. The molecule has 0 fully saturated rings. The van der Waals surface area contributed by atoms with E-state index in [1.165, 1.54) is 11.1 Å². The summed E-state index contributed by atoms with van der Waals surface area (Å²) in [4.78, 5) is 14.6. The SMILES string of the molecule is CNC(CCN(Cc1ccccc1OCc1cccc(C)c1)Cc1ccccc1OCc1cccc(C)c1)C(C)=O. The van der Waals surface area contributed by atoms with Gasteiger partial charge in [0.1, 0.15) is 30.5 Å². The molecule has 214 valence electrons. The van der Waals surface area contributed by atoms with Gasteiger partial charge in [0.15, 0.2) is 0 Å². The molecule has 0 heterocycles. The number of Topliss-reactive ketones (excluding diaryl/α,β-unsaturated/α-hetero) is 1. The van der Waals surface area contributed by atoms with Crippen LogP contribution in [0.3, 0.4) is 0 Å². The topological polar surface area (TPSA) is 50.8 Å². The summed E-state index contributed by atoms with van der Waals surface area (Å²) in [6.07, 6.45) is 0.713. The highest BCUT2D eigenvalue weighted by Crippen LogP contribution is 2.26. The van der Waals surface area contributed by atoms with E-state index in [1.54, 1.807) is 6.92 Å². The summed E-state index contributed by atoms with van der Waals surface area (Å²) in [5.41, 5.74) is 6.96. The van der Waals surface area contributed by atoms with Crippen molar-refractivity contribution >= 4 is 5.78 Å². The number of ether oxygens (including phenoxy) is 2. The normalized spacial score (nSPS) is 11.8. The van der Waals surface area contributed by atoms with E-state index in [2.05, 4.69) is 96.9 Å². The van der Waals surface area contributed by atoms with Gasteiger partial charge in [-0.1, -0.05) is 96.1 Å². The Hall–Kier alpha value is -3.93. The van der Waals surface area contributed by atoms with Gasteiger partial charge in [0.25, 0.3) is 0 Å². The highest BCUT2D eigenvalue weighted by atomic mass is 16.5. The summed E-state index contributed by atoms with van der Waals surface area (Å²) in [5, 5.41) is 3.17. The molecule has 0 saturated heterocycles. The fourth-order valence-electron chi connectivity index (χ4n) is 5.03. The Bertz CT molecular complexity index is 1320. The van der Waals surface area contributed by atoms with Gasteiger partial charge in [-0.15, -0.1) is 0 Å². The molecule has 1 unspecified atom stereocenters. The number of carbonyl (C=O) groups excluding carboxylic acids is 1. The first-order valence-electron chi connectivity index (χ1n) is 14.3. The molecule has 0 amide bonds. The molecule has 0 saturated carbocycles. The van der Waals surface area contributed by atoms with Crippen molar-refractivity contribution in [2.24, 2.45) is 0 Å². The van der Waals surface area contributed by atoms with E-state index in [4.69, 9.17) is 9.47 Å². The molecule has 4 aromatic carbocycles. The Morgan fingerprint density at radius 1 is 0.732 bits per heavy atom. The summed E-state index contributed by atoms with van der Waals surface area (Å²) in [6, 6.07) is 33.1. The molecular weight excluding hydrogens is 508 g/mol. The van der Waals surface area contributed by atoms with E-state index in [0.717, 1.165) is 40.3 Å². The van der Waals surface area contributed by atoms with Crippen molar-refractivity contribution in [1.82, 2.24) is 10.2 Å². The third-order valence-corrected chi connectivity index (χ3v) is 7.26. The van der Waals surface area contributed by atoms with Gasteiger partial charge in [-0.05, 0) is 57.5 Å². The van der Waals surface area contributed by atoms with E-state index in [-0.39, 0.29) is 11.8 Å². The average molecular weight is 551 g/mol. The van der Waals surface area contributed by atoms with Crippen LogP contribution in [-0.4, -0.2) is 30.3 Å². The number of ketones is 1. The Kier molecular flexibility index (Phi) is 11.1. The summed E-state index contributed by atoms with van der Waals surface area (Å²) in [7, 11) is 1.85. The number of carbonyl (C=O) groups is 1. The first-order valence-corrected chi connectivity index (χ1v) is 14.3. The molecule has 5 heteroatoms. The molecule has 0 aliphatic rings. The second-order valence-electron chi connectivity index (χ2n) is 10.7. The van der Waals surface area contributed by atoms with Gasteiger partial charge in [-0.25, -0.2) is 0 Å². The highest BCUT2D eigenvalue weighted by Gasteiger charge is 2.18. The average Bonchev–Trinajstić information content (AvgIpc) is 2.96. The summed E-state index contributed by atoms with van der Waals surface area (Å²) >= 11 is 0. The van der Waals surface area contributed by atoms with E-state index >= 15 is 0 Å². The van der Waals surface area contributed by atoms with Crippen LogP contribution in [0.25, 0.3) is 0 Å². The first kappa shape index (κ1) is 30.0. The van der Waals surface area contributed by atoms with Crippen LogP contribution in [0, 0.1) is 13.8 Å². The van der Waals surface area contributed by atoms with Crippen LogP contribution in [0.4, 0.5) is 0 Å². The lowest BCUT2D eigenvalue weighted by atomic mass is 10.1. The quantitative estimate of drug-likeness (QED) is 0.172. The molecule has 41 heavy (non-hydrogen) atoms. The number of rotatable bonds is 15. The largest absolute Gasteiger partial charge is 0.489 e. The van der Waals surface area contributed by atoms with Gasteiger partial charge >= 0.3 is 0 Å². The number of nitrogens with zero attached hydrogens (tertiary/aromatic N) is 1. The van der Waals surface area contributed by atoms with Crippen LogP contribution in [0.5, 0.6) is 11.5 Å². The molecule has 0 radical (unpaired) electrons. The van der Waals surface area contributed by atoms with Crippen LogP contribution >= 0.6 is 0 Å². The first-order chi connectivity index (χ1) is 19.9. The van der Waals surface area contributed by atoms with Gasteiger partial charge in [-0.2, -0.15) is 0 Å². The molecule has 4 rings (SSSR count). The van der Waals surface area contributed by atoms with Crippen molar-refractivity contribution in [1.29, 1.82) is 0 Å². The van der Waals surface area contributed by atoms with Crippen molar-refractivity contribution in [3.05, 3.63) is 130 Å². The van der Waals surface area contributed by atoms with Gasteiger partial charge in [0.2, 0.25) is 0 Å². The van der Waals surface area contributed by atoms with E-state index in [9.17, 15) is 4.79 Å². The Balaban J connectivity index is 1.52. The zero-order valence-electron chi connectivity index (χ0n) is 24.7. The predicted octanol–water partition coefficient (Wildman–Crippen LogP) is 7.03. The summed E-state index contributed by atoms with van der Waals surface area (Å²) in [6.45, 7) is 8.97. The predicted molar refractivity (Wildman–Crippen MR) is 166 cm³/mol. The van der Waals surface area contributed by atoms with Crippen LogP contribution in [0.15, 0.2) is 97.1 Å². The Morgan fingerprint density at radius 3 is 1.66 bits per heavy atom. The lowest BCUT2D eigenvalue weighted by Gasteiger charge is -2.26. The van der Waals surface area contributed by atoms with Gasteiger partial charge < -0.3 is 14.8 Å². The highest BCUT2D eigenvalue weighted by molar-refractivity contribution is 5.81. The molecule has 4 aromatic rings. The fourth-order valence-corrected chi connectivity index (χ4v) is 5.03. The van der Waals surface area contributed by atoms with Crippen LogP contribution in [-0.2, 0) is 31.1 Å². The second-order valence-corrected chi connectivity index (χ2v) is 10.7. The number of likely N-dealkylation sites (N-methyl/N-ethyl adjacent to an activating group) is 1. The maximum absolute atomic E-state index is 12.2. The maximum Gasteiger partial charge on any atom is 0.146 e. The molecule has 5 nitrogen and oxygen atoms in total. The number of hydrogen-bond acceptors (Lipinski definition) is 5. The van der Waals surface area contributed by atoms with Crippen LogP contribution in [0.1, 0.15) is 46.7 Å². The second kappa shape index (κ2) is 15.2. The van der Waals surface area contributed by atoms with Crippen molar-refractivity contribution in [2.75, 3.05) is 13.6 Å². The van der Waals surface area contributed by atoms with Crippen LogP contribution in [0.2, 0.25) is 0 Å². The van der Waals surface area contributed by atoms with Gasteiger partial charge in [0, 0.05) is 30.8 Å². The Labute approximate surface area is 245 Å². The third-order valence-electron chi connectivity index (χ3n) is 7.26. The van der Waals surface area contributed by atoms with Crippen molar-refractivity contribution in [2.45, 2.75) is 59.5 Å². The van der Waals surface area contributed by atoms with Crippen LogP contribution < -0.4 is 14.8 Å². The minimum absolute atomic E-state index is 0.149. The molecule has 0 aliphatic carbocycles. The zero-order valence-corrected chi connectivity index (χ0v) is 24.7. The number of aryl methyl sites for hydroxylation is 2. The summed E-state index contributed by atoms with van der Waals surface area (Å²) < 4.78 is 12.6. The zero-order chi connectivity index (χ0) is 29.0. The van der Waals surface area contributed by atoms with Crippen molar-refractivity contribution < 1.29 is 14.3 Å². The summed E-state index contributed by atoms with van der Waals surface area (Å²) in [5.74, 6) is 1.90. The van der Waals surface area contributed by atoms with Crippen molar-refractivity contribution in [3.63, 3.8) is 0 Å². The smallest absolute Gasteiger partial charge is 0.146 e. The van der Waals surface area contributed by atoms with Gasteiger partial charge in [0.05, 0.1) is 6.04 Å². The Morgan fingerprint density at radius 2 is 1.22 bits per heavy atom. The molecule has 0 spiro atoms. The number of nitrogens with one attached hydrogen (secondary N) is 1. The molecule has 0 aliphatic heterocycles. The van der Waals surface area contributed by atoms with E-state index in [0.29, 0.717) is 32.7 Å². The number of hydrogen-bond donors (Lipinski definition) is 1. The van der Waals surface area contributed by atoms with E-state index in [1.807, 2.05) is 31.3 Å². The molecule has 0 aromatic heterocycles. The van der Waals surface area contributed by atoms with E-state index < -0.39 is 0 Å². The van der Waals surface area contributed by atoms with Gasteiger partial charge in [-0.3, -0.25) is 9.69 Å². The fraction of sp³-hybridized carbons (Fsp3) is 0.306. The molecule has 1 atom stereocenters. The number of benzene rings is 4. The third kappa shape index (κ3) is 9.31. The molecular formula is C36H42N2O3.